The van der Waals surface area contributed by atoms with Crippen LogP contribution in [0, 0.1) is 0 Å². The number of hydrogen-bond donors (Lipinski definition) is 0. The molecule has 80 heavy (non-hydrogen) atoms. The lowest BCUT2D eigenvalue weighted by Gasteiger charge is -2.18. The normalized spacial score (nSPS) is 12.9. The molecule has 1 atom stereocenters. The van der Waals surface area contributed by atoms with E-state index in [1.165, 1.54) is 128 Å². The molecule has 0 spiro atoms. The summed E-state index contributed by atoms with van der Waals surface area (Å²) in [4.78, 5) is 38.4. The number of unbranched alkanes of at least 4 members (excludes halogenated alkanes) is 29. The molecule has 0 saturated heterocycles. The monoisotopic (exact) mass is 1110 g/mol. The highest BCUT2D eigenvalue weighted by molar-refractivity contribution is 5.71. The van der Waals surface area contributed by atoms with Crippen LogP contribution in [0.3, 0.4) is 0 Å². The van der Waals surface area contributed by atoms with Crippen LogP contribution in [0.15, 0.2) is 122 Å². The molecule has 1 unspecified atom stereocenters. The van der Waals surface area contributed by atoms with E-state index < -0.39 is 6.10 Å². The molecule has 0 aliphatic heterocycles. The summed E-state index contributed by atoms with van der Waals surface area (Å²) in [7, 11) is 0. The molecule has 0 heterocycles. The highest BCUT2D eigenvalue weighted by Gasteiger charge is 2.19. The van der Waals surface area contributed by atoms with Crippen molar-refractivity contribution in [3.05, 3.63) is 122 Å². The van der Waals surface area contributed by atoms with Crippen molar-refractivity contribution in [2.75, 3.05) is 13.2 Å². The fourth-order valence-corrected chi connectivity index (χ4v) is 9.15. The van der Waals surface area contributed by atoms with Gasteiger partial charge in [0.15, 0.2) is 6.10 Å². The highest BCUT2D eigenvalue weighted by Crippen LogP contribution is 2.15. The first-order chi connectivity index (χ1) is 39.5. The lowest BCUT2D eigenvalue weighted by molar-refractivity contribution is -0.167. The van der Waals surface area contributed by atoms with Crippen LogP contribution >= 0.6 is 0 Å². The van der Waals surface area contributed by atoms with Gasteiger partial charge in [0.25, 0.3) is 0 Å². The highest BCUT2D eigenvalue weighted by atomic mass is 16.6. The van der Waals surface area contributed by atoms with Gasteiger partial charge in [-0.1, -0.05) is 277 Å². The predicted octanol–water partition coefficient (Wildman–Crippen LogP) is 23.2. The van der Waals surface area contributed by atoms with Crippen LogP contribution in [0.4, 0.5) is 0 Å². The van der Waals surface area contributed by atoms with E-state index in [-0.39, 0.29) is 31.1 Å². The van der Waals surface area contributed by atoms with Crippen molar-refractivity contribution in [3.63, 3.8) is 0 Å². The molecule has 0 saturated carbocycles. The number of rotatable bonds is 60. The van der Waals surface area contributed by atoms with Crippen molar-refractivity contribution in [3.8, 4) is 0 Å². The second-order valence-corrected chi connectivity index (χ2v) is 22.0. The van der Waals surface area contributed by atoms with Crippen molar-refractivity contribution in [2.45, 2.75) is 316 Å². The van der Waals surface area contributed by atoms with Crippen molar-refractivity contribution < 1.29 is 28.6 Å². The largest absolute Gasteiger partial charge is 0.462 e. The Labute approximate surface area is 494 Å². The van der Waals surface area contributed by atoms with Crippen molar-refractivity contribution >= 4 is 17.9 Å². The Bertz CT molecular complexity index is 1650. The second kappa shape index (κ2) is 67.3. The van der Waals surface area contributed by atoms with Gasteiger partial charge in [-0.15, -0.1) is 0 Å². The van der Waals surface area contributed by atoms with Crippen molar-refractivity contribution in [2.24, 2.45) is 0 Å². The number of esters is 3. The molecule has 456 valence electrons. The number of carbonyl (C=O) groups is 3. The van der Waals surface area contributed by atoms with Gasteiger partial charge >= 0.3 is 17.9 Å². The third-order valence-electron chi connectivity index (χ3n) is 14.2. The molecule has 0 rings (SSSR count). The van der Waals surface area contributed by atoms with Gasteiger partial charge in [0.05, 0.1) is 0 Å². The quantitative estimate of drug-likeness (QED) is 0.0261. The molecule has 0 aromatic carbocycles. The van der Waals surface area contributed by atoms with E-state index in [9.17, 15) is 14.4 Å². The Balaban J connectivity index is 4.46. The minimum atomic E-state index is -0.801. The topological polar surface area (TPSA) is 78.9 Å². The third-order valence-corrected chi connectivity index (χ3v) is 14.2. The molecular formula is C74H124O6. The van der Waals surface area contributed by atoms with Crippen LogP contribution in [0.2, 0.25) is 0 Å². The van der Waals surface area contributed by atoms with Crippen LogP contribution in [0.1, 0.15) is 310 Å². The molecule has 0 aliphatic carbocycles. The molecule has 0 fully saturated rings. The molecule has 0 amide bonds. The Hall–Kier alpha value is -4.19. The van der Waals surface area contributed by atoms with E-state index in [2.05, 4.69) is 142 Å². The molecule has 0 bridgehead atoms. The minimum Gasteiger partial charge on any atom is -0.462 e. The van der Waals surface area contributed by atoms with Crippen LogP contribution in [0.25, 0.3) is 0 Å². The first kappa shape index (κ1) is 75.8. The fourth-order valence-electron chi connectivity index (χ4n) is 9.15. The zero-order valence-corrected chi connectivity index (χ0v) is 52.3. The average molecular weight is 1110 g/mol. The van der Waals surface area contributed by atoms with E-state index in [0.29, 0.717) is 19.3 Å². The zero-order chi connectivity index (χ0) is 57.8. The average Bonchev–Trinajstić information content (AvgIpc) is 3.46. The minimum absolute atomic E-state index is 0.0947. The maximum atomic E-state index is 12.9. The number of hydrogen-bond acceptors (Lipinski definition) is 6. The van der Waals surface area contributed by atoms with Crippen molar-refractivity contribution in [1.82, 2.24) is 0 Å². The summed E-state index contributed by atoms with van der Waals surface area (Å²) in [5, 5.41) is 0. The summed E-state index contributed by atoms with van der Waals surface area (Å²) >= 11 is 0. The van der Waals surface area contributed by atoms with Gasteiger partial charge in [-0.25, -0.2) is 0 Å². The van der Waals surface area contributed by atoms with E-state index in [1.54, 1.807) is 0 Å². The molecule has 0 radical (unpaired) electrons. The Morgan fingerprint density at radius 1 is 0.263 bits per heavy atom. The maximum Gasteiger partial charge on any atom is 0.306 e. The Morgan fingerprint density at radius 2 is 0.487 bits per heavy atom. The van der Waals surface area contributed by atoms with Gasteiger partial charge < -0.3 is 14.2 Å². The standard InChI is InChI=1S/C74H124O6/c1-4-7-10-13-16-19-22-25-28-31-34-36-37-39-40-43-46-49-52-55-58-61-64-67-73(76)79-70-71(69-78-72(75)66-63-60-57-54-51-48-45-42-33-30-27-24-21-18-15-12-9-6-3)80-74(77)68-65-62-59-56-53-50-47-44-41-38-35-32-29-26-23-20-17-14-11-8-5-2/h8,11,17,20-22,24-26,29-31,33-35,37-39,44,47,71H,4-7,9-10,12-16,18-19,23,27-28,32,36,40-43,45-46,48-70H2,1-3H3/b11-8-,20-17-,24-21-,25-22-,29-26-,33-30-,34-31-,38-35-,39-37-,47-44-. The van der Waals surface area contributed by atoms with Gasteiger partial charge in [0, 0.05) is 19.3 Å². The van der Waals surface area contributed by atoms with E-state index in [4.69, 9.17) is 14.2 Å². The van der Waals surface area contributed by atoms with E-state index in [0.717, 1.165) is 141 Å². The second-order valence-electron chi connectivity index (χ2n) is 22.0. The number of ether oxygens (including phenoxy) is 3. The molecule has 6 nitrogen and oxygen atoms in total. The molecular weight excluding hydrogens is 985 g/mol. The van der Waals surface area contributed by atoms with E-state index in [1.807, 2.05) is 0 Å². The predicted molar refractivity (Wildman–Crippen MR) is 348 cm³/mol. The lowest BCUT2D eigenvalue weighted by Crippen LogP contribution is -2.30. The first-order valence-electron chi connectivity index (χ1n) is 33.5. The summed E-state index contributed by atoms with van der Waals surface area (Å²) in [5.74, 6) is -0.921. The van der Waals surface area contributed by atoms with Gasteiger partial charge in [0.2, 0.25) is 0 Å². The van der Waals surface area contributed by atoms with Crippen LogP contribution < -0.4 is 0 Å². The summed E-state index contributed by atoms with van der Waals surface area (Å²) in [6.45, 7) is 6.49. The smallest absolute Gasteiger partial charge is 0.306 e. The van der Waals surface area contributed by atoms with Crippen LogP contribution in [-0.4, -0.2) is 37.2 Å². The Morgan fingerprint density at radius 3 is 0.775 bits per heavy atom. The van der Waals surface area contributed by atoms with Crippen LogP contribution in [0.5, 0.6) is 0 Å². The summed E-state index contributed by atoms with van der Waals surface area (Å²) in [6, 6.07) is 0. The SMILES string of the molecule is CC/C=C\C/C=C\C/C=C\C/C=C\C/C=C\CCCCCCCC(=O)OC(COC(=O)CCCCCCCCC/C=C\C/C=C\CCCCCC)COC(=O)CCCCCCCCCC/C=C\C/C=C\C/C=C\CCCCCCC. The fraction of sp³-hybridized carbons (Fsp3) is 0.689. The first-order valence-corrected chi connectivity index (χ1v) is 33.5. The molecule has 0 aromatic heterocycles. The van der Waals surface area contributed by atoms with Crippen molar-refractivity contribution in [1.29, 1.82) is 0 Å². The molecule has 0 N–H and O–H groups in total. The molecule has 0 aromatic rings. The van der Waals surface area contributed by atoms with Gasteiger partial charge in [-0.3, -0.25) is 14.4 Å². The zero-order valence-electron chi connectivity index (χ0n) is 52.3. The van der Waals surface area contributed by atoms with Gasteiger partial charge in [-0.2, -0.15) is 0 Å². The van der Waals surface area contributed by atoms with Gasteiger partial charge in [-0.05, 0) is 135 Å². The maximum absolute atomic E-state index is 12.9. The van der Waals surface area contributed by atoms with Gasteiger partial charge in [0.1, 0.15) is 13.2 Å². The number of allylic oxidation sites excluding steroid dienone is 20. The lowest BCUT2D eigenvalue weighted by atomic mass is 10.1. The Kier molecular flexibility index (Phi) is 63.8. The summed E-state index contributed by atoms with van der Waals surface area (Å²) in [5.41, 5.74) is 0. The molecule has 0 aliphatic rings. The number of carbonyl (C=O) groups excluding carboxylic acids is 3. The van der Waals surface area contributed by atoms with Crippen LogP contribution in [-0.2, 0) is 28.6 Å². The summed E-state index contributed by atoms with van der Waals surface area (Å²) in [6.07, 6.45) is 93.4. The molecule has 6 heteroatoms. The third kappa shape index (κ3) is 64.6. The van der Waals surface area contributed by atoms with E-state index >= 15 is 0 Å². The summed E-state index contributed by atoms with van der Waals surface area (Å²) < 4.78 is 16.9.